The van der Waals surface area contributed by atoms with E-state index in [2.05, 4.69) is 5.32 Å². The number of rotatable bonds is 2. The van der Waals surface area contributed by atoms with Crippen molar-refractivity contribution in [2.45, 2.75) is 24.6 Å². The fourth-order valence-corrected chi connectivity index (χ4v) is 1.60. The van der Waals surface area contributed by atoms with E-state index in [1.807, 2.05) is 4.98 Å². The maximum absolute atomic E-state index is 12.7. The van der Waals surface area contributed by atoms with Crippen molar-refractivity contribution in [3.63, 3.8) is 0 Å². The zero-order valence-corrected chi connectivity index (χ0v) is 9.39. The van der Waals surface area contributed by atoms with Crippen LogP contribution in [0.1, 0.15) is 12.8 Å². The lowest BCUT2D eigenvalue weighted by molar-refractivity contribution is -0.151. The maximum Gasteiger partial charge on any atom is 0.411 e. The first-order chi connectivity index (χ1) is 8.18. The van der Waals surface area contributed by atoms with Crippen molar-refractivity contribution in [1.29, 1.82) is 0 Å². The first kappa shape index (κ1) is 12.5. The Hall–Kier alpha value is -1.93. The average molecular weight is 264 g/mol. The minimum atomic E-state index is -4.47. The molecule has 1 aromatic heterocycles. The summed E-state index contributed by atoms with van der Waals surface area (Å²) in [6.45, 7) is 0. The molecule has 0 amide bonds. The molecular weight excluding hydrogens is 253 g/mol. The van der Waals surface area contributed by atoms with Crippen LogP contribution in [0.25, 0.3) is 0 Å². The highest BCUT2D eigenvalue weighted by molar-refractivity contribution is 5.62. The van der Waals surface area contributed by atoms with Crippen molar-refractivity contribution in [3.05, 3.63) is 20.8 Å². The molecule has 0 atom stereocenters. The molecule has 0 bridgehead atoms. The Kier molecular flexibility index (Phi) is 2.46. The van der Waals surface area contributed by atoms with Gasteiger partial charge in [-0.15, -0.1) is 0 Å². The van der Waals surface area contributed by atoms with Crippen LogP contribution < -0.4 is 22.3 Å². The van der Waals surface area contributed by atoms with Crippen LogP contribution in [0.5, 0.6) is 0 Å². The predicted molar refractivity (Wildman–Crippen MR) is 58.4 cm³/mol. The van der Waals surface area contributed by atoms with E-state index in [1.165, 1.54) is 7.05 Å². The summed E-state index contributed by atoms with van der Waals surface area (Å²) in [6, 6.07) is 0. The van der Waals surface area contributed by atoms with E-state index in [4.69, 9.17) is 5.73 Å². The van der Waals surface area contributed by atoms with Gasteiger partial charge in [-0.2, -0.15) is 13.2 Å². The fourth-order valence-electron chi connectivity index (χ4n) is 1.60. The first-order valence-electron chi connectivity index (χ1n) is 5.12. The van der Waals surface area contributed by atoms with Crippen LogP contribution >= 0.6 is 0 Å². The number of alkyl halides is 3. The zero-order valence-electron chi connectivity index (χ0n) is 9.39. The molecule has 9 heteroatoms. The van der Waals surface area contributed by atoms with E-state index in [0.29, 0.717) is 0 Å². The molecule has 0 saturated heterocycles. The topological polar surface area (TPSA) is 92.9 Å². The van der Waals surface area contributed by atoms with Crippen LogP contribution in [0.3, 0.4) is 0 Å². The maximum atomic E-state index is 12.7. The van der Waals surface area contributed by atoms with Gasteiger partial charge in [0, 0.05) is 7.05 Å². The number of hydrogen-bond donors (Lipinski definition) is 3. The number of nitrogens with two attached hydrogens (primary N) is 1. The van der Waals surface area contributed by atoms with Gasteiger partial charge in [-0.1, -0.05) is 0 Å². The van der Waals surface area contributed by atoms with Crippen molar-refractivity contribution < 1.29 is 13.2 Å². The van der Waals surface area contributed by atoms with Crippen LogP contribution in [-0.4, -0.2) is 21.3 Å². The molecule has 2 rings (SSSR count). The standard InChI is InChI=1S/C9H11F3N4O2/c1-16-5(13)4(6(17)14-7(16)18)15-8(2-3-8)9(10,11)12/h15H,2-3,13H2,1H3,(H,14,17,18). The van der Waals surface area contributed by atoms with Gasteiger partial charge in [0.1, 0.15) is 17.0 Å². The number of hydrogen-bond acceptors (Lipinski definition) is 4. The molecule has 0 unspecified atom stereocenters. The average Bonchev–Trinajstić information content (AvgIpc) is 3.01. The van der Waals surface area contributed by atoms with E-state index in [-0.39, 0.29) is 18.7 Å². The number of nitrogens with zero attached hydrogens (tertiary/aromatic N) is 1. The molecule has 1 aliphatic carbocycles. The van der Waals surface area contributed by atoms with Crippen molar-refractivity contribution in [1.82, 2.24) is 9.55 Å². The predicted octanol–water partition coefficient (Wildman–Crippen LogP) is 0.163. The summed E-state index contributed by atoms with van der Waals surface area (Å²) in [6.07, 6.45) is -4.73. The Morgan fingerprint density at radius 1 is 1.39 bits per heavy atom. The molecule has 1 fully saturated rings. The van der Waals surface area contributed by atoms with Crippen molar-refractivity contribution >= 4 is 11.5 Å². The smallest absolute Gasteiger partial charge is 0.383 e. The zero-order chi connectivity index (χ0) is 13.7. The van der Waals surface area contributed by atoms with Crippen molar-refractivity contribution in [2.24, 2.45) is 7.05 Å². The summed E-state index contributed by atoms with van der Waals surface area (Å²) in [5, 5.41) is 2.12. The second-order valence-corrected chi connectivity index (χ2v) is 4.28. The Morgan fingerprint density at radius 3 is 2.39 bits per heavy atom. The Bertz CT molecular complexity index is 597. The quantitative estimate of drug-likeness (QED) is 0.709. The van der Waals surface area contributed by atoms with Gasteiger partial charge in [0.25, 0.3) is 5.56 Å². The molecule has 100 valence electrons. The molecule has 0 spiro atoms. The van der Waals surface area contributed by atoms with Gasteiger partial charge in [-0.25, -0.2) is 4.79 Å². The SMILES string of the molecule is Cn1c(N)c(NC2(C(F)(F)F)CC2)c(=O)[nH]c1=O. The van der Waals surface area contributed by atoms with Crippen LogP contribution in [0.2, 0.25) is 0 Å². The second kappa shape index (κ2) is 3.53. The number of aromatic amines is 1. The Morgan fingerprint density at radius 2 is 1.94 bits per heavy atom. The third-order valence-electron chi connectivity index (χ3n) is 3.03. The number of nitrogen functional groups attached to an aromatic ring is 1. The van der Waals surface area contributed by atoms with Gasteiger partial charge < -0.3 is 11.1 Å². The molecule has 0 radical (unpaired) electrons. The van der Waals surface area contributed by atoms with Gasteiger partial charge in [0.15, 0.2) is 0 Å². The largest absolute Gasteiger partial charge is 0.411 e. The minimum Gasteiger partial charge on any atom is -0.383 e. The molecule has 0 aromatic carbocycles. The van der Waals surface area contributed by atoms with E-state index in [9.17, 15) is 22.8 Å². The number of aromatic nitrogens is 2. The molecule has 1 aliphatic rings. The highest BCUT2D eigenvalue weighted by Crippen LogP contribution is 2.51. The number of anilines is 2. The van der Waals surface area contributed by atoms with E-state index in [1.54, 1.807) is 0 Å². The lowest BCUT2D eigenvalue weighted by Gasteiger charge is -2.22. The van der Waals surface area contributed by atoms with Crippen LogP contribution in [0.4, 0.5) is 24.7 Å². The summed E-state index contributed by atoms with van der Waals surface area (Å²) in [4.78, 5) is 24.5. The highest BCUT2D eigenvalue weighted by Gasteiger charge is 2.64. The number of nitrogens with one attached hydrogen (secondary N) is 2. The monoisotopic (exact) mass is 264 g/mol. The van der Waals surface area contributed by atoms with Crippen LogP contribution in [0, 0.1) is 0 Å². The molecule has 1 saturated carbocycles. The lowest BCUT2D eigenvalue weighted by Crippen LogP contribution is -2.42. The van der Waals surface area contributed by atoms with E-state index >= 15 is 0 Å². The first-order valence-corrected chi connectivity index (χ1v) is 5.12. The lowest BCUT2D eigenvalue weighted by atomic mass is 10.2. The minimum absolute atomic E-state index is 0.127. The van der Waals surface area contributed by atoms with Crippen molar-refractivity contribution in [3.8, 4) is 0 Å². The molecule has 18 heavy (non-hydrogen) atoms. The Balaban J connectivity index is 2.46. The van der Waals surface area contributed by atoms with E-state index in [0.717, 1.165) is 4.57 Å². The molecule has 1 aromatic rings. The van der Waals surface area contributed by atoms with Gasteiger partial charge in [-0.05, 0) is 12.8 Å². The summed E-state index contributed by atoms with van der Waals surface area (Å²) in [5.74, 6) is -0.320. The summed E-state index contributed by atoms with van der Waals surface area (Å²) in [5.41, 5.74) is 1.22. The molecular formula is C9H11F3N4O2. The molecule has 0 aliphatic heterocycles. The van der Waals surface area contributed by atoms with Gasteiger partial charge in [0.2, 0.25) is 0 Å². The normalized spacial score (nSPS) is 17.6. The summed E-state index contributed by atoms with van der Waals surface area (Å²) >= 11 is 0. The molecule has 1 heterocycles. The van der Waals surface area contributed by atoms with Gasteiger partial charge in [0.05, 0.1) is 0 Å². The van der Waals surface area contributed by atoms with E-state index < -0.39 is 28.7 Å². The van der Waals surface area contributed by atoms with Crippen LogP contribution in [-0.2, 0) is 7.05 Å². The fraction of sp³-hybridized carbons (Fsp3) is 0.556. The number of H-pyrrole nitrogens is 1. The molecule has 4 N–H and O–H groups in total. The van der Waals surface area contributed by atoms with Gasteiger partial charge >= 0.3 is 11.9 Å². The van der Waals surface area contributed by atoms with Crippen molar-refractivity contribution in [2.75, 3.05) is 11.1 Å². The summed E-state index contributed by atoms with van der Waals surface area (Å²) < 4.78 is 39.1. The van der Waals surface area contributed by atoms with Crippen LogP contribution in [0.15, 0.2) is 9.59 Å². The Labute approximate surface area is 98.6 Å². The third kappa shape index (κ3) is 1.75. The second-order valence-electron chi connectivity index (χ2n) is 4.28. The van der Waals surface area contributed by atoms with Gasteiger partial charge in [-0.3, -0.25) is 14.3 Å². The molecule has 6 nitrogen and oxygen atoms in total. The number of halogens is 3. The third-order valence-corrected chi connectivity index (χ3v) is 3.03. The highest BCUT2D eigenvalue weighted by atomic mass is 19.4. The summed E-state index contributed by atoms with van der Waals surface area (Å²) in [7, 11) is 1.26.